The maximum atomic E-state index is 12.6. The number of halogens is 2. The first-order valence-electron chi connectivity index (χ1n) is 3.26. The summed E-state index contributed by atoms with van der Waals surface area (Å²) in [5, 5.41) is 0. The smallest absolute Gasteiger partial charge is 0.219 e. The van der Waals surface area contributed by atoms with Gasteiger partial charge in [0, 0.05) is 13.5 Å². The minimum atomic E-state index is -1.04. The van der Waals surface area contributed by atoms with Gasteiger partial charge in [-0.3, -0.25) is 4.79 Å². The van der Waals surface area contributed by atoms with Gasteiger partial charge in [0.05, 0.1) is 12.6 Å². The first-order chi connectivity index (χ1) is 4.61. The molecule has 1 amide bonds. The number of carbonyl (C=O) groups is 1. The Balaban J connectivity index is 0.000001000. The molecule has 0 aromatic rings. The normalized spacial score (nSPS) is 29.9. The predicted octanol–water partition coefficient (Wildman–Crippen LogP) is -0.0643. The Bertz CT molecular complexity index is 146. The fourth-order valence-corrected chi connectivity index (χ4v) is 1.05. The third kappa shape index (κ3) is 2.31. The molecule has 5 heteroatoms. The van der Waals surface area contributed by atoms with Crippen LogP contribution in [0.2, 0.25) is 0 Å². The molecule has 1 saturated heterocycles. The predicted molar refractivity (Wildman–Crippen MR) is 42.4 cm³/mol. The lowest BCUT2D eigenvalue weighted by Gasteiger charge is -2.10. The first-order valence-corrected chi connectivity index (χ1v) is 3.26. The standard InChI is InChI=1S/C6H11FN2O.ClH/c1-4(10)9-2-5(7)6(8)3-9;/h5-6H,2-3,8H2,1H3;1H/t5-,6+;/m0./s1. The van der Waals surface area contributed by atoms with E-state index in [9.17, 15) is 9.18 Å². The van der Waals surface area contributed by atoms with Crippen molar-refractivity contribution in [2.45, 2.75) is 19.1 Å². The zero-order chi connectivity index (χ0) is 7.72. The summed E-state index contributed by atoms with van der Waals surface area (Å²) in [5.41, 5.74) is 5.34. The number of rotatable bonds is 0. The number of alkyl halides is 1. The molecule has 0 spiro atoms. The average molecular weight is 183 g/mol. The first kappa shape index (κ1) is 10.7. The lowest BCUT2D eigenvalue weighted by molar-refractivity contribution is -0.128. The van der Waals surface area contributed by atoms with E-state index in [0.717, 1.165) is 0 Å². The summed E-state index contributed by atoms with van der Waals surface area (Å²) in [4.78, 5) is 12.1. The van der Waals surface area contributed by atoms with Crippen molar-refractivity contribution in [2.24, 2.45) is 5.73 Å². The van der Waals surface area contributed by atoms with Crippen LogP contribution in [-0.4, -0.2) is 36.1 Å². The van der Waals surface area contributed by atoms with Crippen molar-refractivity contribution in [1.29, 1.82) is 0 Å². The Labute approximate surface area is 71.1 Å². The van der Waals surface area contributed by atoms with E-state index in [-0.39, 0.29) is 24.9 Å². The number of carbonyl (C=O) groups excluding carboxylic acids is 1. The number of nitrogens with two attached hydrogens (primary N) is 1. The molecule has 1 aliphatic heterocycles. The summed E-state index contributed by atoms with van der Waals surface area (Å²) in [5.74, 6) is -0.101. The van der Waals surface area contributed by atoms with Crippen LogP contribution in [0, 0.1) is 0 Å². The van der Waals surface area contributed by atoms with E-state index in [4.69, 9.17) is 5.73 Å². The van der Waals surface area contributed by atoms with E-state index < -0.39 is 12.2 Å². The Morgan fingerprint density at radius 2 is 2.18 bits per heavy atom. The fraction of sp³-hybridized carbons (Fsp3) is 0.833. The molecule has 0 aromatic carbocycles. The Hall–Kier alpha value is -0.350. The van der Waals surface area contributed by atoms with Crippen LogP contribution in [0.25, 0.3) is 0 Å². The van der Waals surface area contributed by atoms with E-state index >= 15 is 0 Å². The van der Waals surface area contributed by atoms with Gasteiger partial charge in [0.1, 0.15) is 6.17 Å². The van der Waals surface area contributed by atoms with Crippen molar-refractivity contribution >= 4 is 18.3 Å². The molecule has 0 unspecified atom stereocenters. The molecular weight excluding hydrogens is 171 g/mol. The molecule has 2 N–H and O–H groups in total. The molecule has 1 fully saturated rings. The molecule has 1 aliphatic rings. The molecule has 0 bridgehead atoms. The third-order valence-electron chi connectivity index (χ3n) is 1.74. The maximum Gasteiger partial charge on any atom is 0.219 e. The van der Waals surface area contributed by atoms with Crippen molar-refractivity contribution in [3.8, 4) is 0 Å². The molecule has 0 saturated carbocycles. The van der Waals surface area contributed by atoms with Gasteiger partial charge in [-0.2, -0.15) is 0 Å². The fourth-order valence-electron chi connectivity index (χ4n) is 1.05. The van der Waals surface area contributed by atoms with Gasteiger partial charge in [0.15, 0.2) is 0 Å². The van der Waals surface area contributed by atoms with Gasteiger partial charge in [0.25, 0.3) is 0 Å². The lowest BCUT2D eigenvalue weighted by Crippen LogP contribution is -2.31. The van der Waals surface area contributed by atoms with E-state index in [2.05, 4.69) is 0 Å². The zero-order valence-corrected chi connectivity index (χ0v) is 7.10. The van der Waals surface area contributed by atoms with Gasteiger partial charge in [-0.15, -0.1) is 12.4 Å². The van der Waals surface area contributed by atoms with E-state index in [1.54, 1.807) is 0 Å². The quantitative estimate of drug-likeness (QED) is 0.571. The van der Waals surface area contributed by atoms with Crippen LogP contribution < -0.4 is 5.73 Å². The lowest BCUT2D eigenvalue weighted by atomic mass is 10.3. The molecule has 0 aromatic heterocycles. The van der Waals surface area contributed by atoms with E-state index in [1.165, 1.54) is 11.8 Å². The molecular formula is C6H12ClFN2O. The van der Waals surface area contributed by atoms with Crippen LogP contribution in [0.15, 0.2) is 0 Å². The SMILES string of the molecule is CC(=O)N1C[C@@H](N)[C@@H](F)C1.Cl. The van der Waals surface area contributed by atoms with Crippen LogP contribution in [0.1, 0.15) is 6.92 Å². The van der Waals surface area contributed by atoms with Crippen LogP contribution >= 0.6 is 12.4 Å². The van der Waals surface area contributed by atoms with Crippen LogP contribution in [0.5, 0.6) is 0 Å². The summed E-state index contributed by atoms with van der Waals surface area (Å²) in [6.45, 7) is 1.94. The highest BCUT2D eigenvalue weighted by molar-refractivity contribution is 5.85. The number of hydrogen-bond acceptors (Lipinski definition) is 2. The molecule has 66 valence electrons. The Morgan fingerprint density at radius 1 is 1.64 bits per heavy atom. The Kier molecular flexibility index (Phi) is 3.75. The average Bonchev–Trinajstić information content (AvgIpc) is 2.13. The monoisotopic (exact) mass is 182 g/mol. The molecule has 1 rings (SSSR count). The van der Waals surface area contributed by atoms with Gasteiger partial charge in [0.2, 0.25) is 5.91 Å². The summed E-state index contributed by atoms with van der Waals surface area (Å²) in [6.07, 6.45) is -1.04. The van der Waals surface area contributed by atoms with Gasteiger partial charge in [-0.1, -0.05) is 0 Å². The van der Waals surface area contributed by atoms with Gasteiger partial charge >= 0.3 is 0 Å². The number of hydrogen-bond donors (Lipinski definition) is 1. The van der Waals surface area contributed by atoms with E-state index in [1.807, 2.05) is 0 Å². The molecule has 2 atom stereocenters. The maximum absolute atomic E-state index is 12.6. The molecule has 11 heavy (non-hydrogen) atoms. The second kappa shape index (κ2) is 3.88. The van der Waals surface area contributed by atoms with Gasteiger partial charge in [-0.05, 0) is 0 Å². The summed E-state index contributed by atoms with van der Waals surface area (Å²) in [7, 11) is 0. The van der Waals surface area contributed by atoms with Crippen molar-refractivity contribution in [1.82, 2.24) is 4.90 Å². The Morgan fingerprint density at radius 3 is 2.36 bits per heavy atom. The van der Waals surface area contributed by atoms with Crippen molar-refractivity contribution in [2.75, 3.05) is 13.1 Å². The van der Waals surface area contributed by atoms with Crippen LogP contribution in [0.3, 0.4) is 0 Å². The van der Waals surface area contributed by atoms with Crippen molar-refractivity contribution < 1.29 is 9.18 Å². The number of nitrogens with zero attached hydrogens (tertiary/aromatic N) is 1. The largest absolute Gasteiger partial charge is 0.338 e. The topological polar surface area (TPSA) is 46.3 Å². The second-order valence-corrected chi connectivity index (χ2v) is 2.60. The minimum absolute atomic E-state index is 0. The molecule has 3 nitrogen and oxygen atoms in total. The third-order valence-corrected chi connectivity index (χ3v) is 1.74. The van der Waals surface area contributed by atoms with Gasteiger partial charge < -0.3 is 10.6 Å². The molecule has 0 radical (unpaired) electrons. The summed E-state index contributed by atoms with van der Waals surface area (Å²) < 4.78 is 12.6. The number of amides is 1. The highest BCUT2D eigenvalue weighted by Crippen LogP contribution is 2.10. The highest BCUT2D eigenvalue weighted by atomic mass is 35.5. The minimum Gasteiger partial charge on any atom is -0.338 e. The highest BCUT2D eigenvalue weighted by Gasteiger charge is 2.30. The van der Waals surface area contributed by atoms with Gasteiger partial charge in [-0.25, -0.2) is 4.39 Å². The molecule has 0 aliphatic carbocycles. The van der Waals surface area contributed by atoms with Crippen molar-refractivity contribution in [3.05, 3.63) is 0 Å². The second-order valence-electron chi connectivity index (χ2n) is 2.60. The zero-order valence-electron chi connectivity index (χ0n) is 6.29. The molecule has 1 heterocycles. The van der Waals surface area contributed by atoms with E-state index in [0.29, 0.717) is 6.54 Å². The van der Waals surface area contributed by atoms with Crippen LogP contribution in [0.4, 0.5) is 4.39 Å². The summed E-state index contributed by atoms with van der Waals surface area (Å²) in [6, 6.07) is -0.483. The summed E-state index contributed by atoms with van der Waals surface area (Å²) >= 11 is 0. The van der Waals surface area contributed by atoms with Crippen molar-refractivity contribution in [3.63, 3.8) is 0 Å². The number of likely N-dealkylation sites (tertiary alicyclic amines) is 1. The van der Waals surface area contributed by atoms with Crippen LogP contribution in [-0.2, 0) is 4.79 Å².